The van der Waals surface area contributed by atoms with Gasteiger partial charge in [-0.3, -0.25) is 9.69 Å². The normalized spacial score (nSPS) is 19.1. The zero-order valence-corrected chi connectivity index (χ0v) is 13.4. The third-order valence-electron chi connectivity index (χ3n) is 5.40. The number of nitrogens with one attached hydrogen (secondary N) is 2. The van der Waals surface area contributed by atoms with Crippen LogP contribution in [0.1, 0.15) is 11.1 Å². The molecule has 4 heteroatoms. The van der Waals surface area contributed by atoms with E-state index in [-0.39, 0.29) is 11.3 Å². The molecule has 0 unspecified atom stereocenters. The lowest BCUT2D eigenvalue weighted by Gasteiger charge is -2.51. The monoisotopic (exact) mass is 317 g/mol. The van der Waals surface area contributed by atoms with Crippen LogP contribution in [0.2, 0.25) is 0 Å². The van der Waals surface area contributed by atoms with Crippen molar-refractivity contribution in [1.82, 2.24) is 9.88 Å². The molecule has 120 valence electrons. The maximum Gasteiger partial charge on any atom is 0.233 e. The molecule has 24 heavy (non-hydrogen) atoms. The summed E-state index contributed by atoms with van der Waals surface area (Å²) in [7, 11) is 0. The number of anilines is 1. The molecule has 0 saturated carbocycles. The summed E-state index contributed by atoms with van der Waals surface area (Å²) < 4.78 is 0. The number of amides is 1. The van der Waals surface area contributed by atoms with Crippen LogP contribution in [-0.4, -0.2) is 28.9 Å². The predicted octanol–water partition coefficient (Wildman–Crippen LogP) is 3.16. The number of aromatic nitrogens is 1. The van der Waals surface area contributed by atoms with E-state index in [4.69, 9.17) is 0 Å². The number of H-pyrrole nitrogens is 1. The third-order valence-corrected chi connectivity index (χ3v) is 5.40. The highest BCUT2D eigenvalue weighted by molar-refractivity contribution is 5.99. The summed E-state index contributed by atoms with van der Waals surface area (Å²) in [6.07, 6.45) is 2.94. The molecule has 2 aliphatic heterocycles. The SMILES string of the molecule is O=C1Nc2ccccc2CC12CN(Cc1c[nH]c3ccccc13)C2. The molecule has 5 rings (SSSR count). The molecule has 1 amide bonds. The number of nitrogens with zero attached hydrogens (tertiary/aromatic N) is 1. The second-order valence-electron chi connectivity index (χ2n) is 7.07. The Morgan fingerprint density at radius 1 is 1.04 bits per heavy atom. The fourth-order valence-corrected chi connectivity index (χ4v) is 4.18. The fraction of sp³-hybridized carbons (Fsp3) is 0.250. The molecular formula is C20H19N3O. The first-order valence-electron chi connectivity index (χ1n) is 8.40. The van der Waals surface area contributed by atoms with Crippen molar-refractivity contribution in [3.63, 3.8) is 0 Å². The van der Waals surface area contributed by atoms with Crippen molar-refractivity contribution in [2.75, 3.05) is 18.4 Å². The Bertz CT molecular complexity index is 937. The summed E-state index contributed by atoms with van der Waals surface area (Å²) in [5.74, 6) is 0.177. The molecule has 1 spiro atoms. The second kappa shape index (κ2) is 4.95. The van der Waals surface area contributed by atoms with Gasteiger partial charge in [0.25, 0.3) is 0 Å². The number of hydrogen-bond acceptors (Lipinski definition) is 2. The Morgan fingerprint density at radius 2 is 1.83 bits per heavy atom. The Kier molecular flexibility index (Phi) is 2.85. The molecule has 2 aliphatic rings. The number of hydrogen-bond donors (Lipinski definition) is 2. The summed E-state index contributed by atoms with van der Waals surface area (Å²) in [4.78, 5) is 18.3. The van der Waals surface area contributed by atoms with E-state index in [1.807, 2.05) is 24.3 Å². The van der Waals surface area contributed by atoms with E-state index in [1.165, 1.54) is 22.0 Å². The van der Waals surface area contributed by atoms with Gasteiger partial charge in [0, 0.05) is 42.4 Å². The standard InChI is InChI=1S/C20H19N3O/c24-19-20(9-14-5-1-3-7-17(14)22-19)12-23(13-20)11-15-10-21-18-8-4-2-6-16(15)18/h1-8,10,21H,9,11-13H2,(H,22,24). The van der Waals surface area contributed by atoms with Crippen LogP contribution >= 0.6 is 0 Å². The van der Waals surface area contributed by atoms with Gasteiger partial charge in [-0.25, -0.2) is 0 Å². The first kappa shape index (κ1) is 13.8. The highest BCUT2D eigenvalue weighted by atomic mass is 16.2. The Hall–Kier alpha value is -2.59. The first-order valence-corrected chi connectivity index (χ1v) is 8.40. The van der Waals surface area contributed by atoms with E-state index in [0.29, 0.717) is 0 Å². The topological polar surface area (TPSA) is 48.1 Å². The van der Waals surface area contributed by atoms with Crippen LogP contribution in [0.3, 0.4) is 0 Å². The highest BCUT2D eigenvalue weighted by Crippen LogP contribution is 2.41. The third kappa shape index (κ3) is 2.00. The highest BCUT2D eigenvalue weighted by Gasteiger charge is 2.51. The van der Waals surface area contributed by atoms with Gasteiger partial charge in [-0.05, 0) is 29.7 Å². The van der Waals surface area contributed by atoms with Gasteiger partial charge < -0.3 is 10.3 Å². The van der Waals surface area contributed by atoms with E-state index in [1.54, 1.807) is 0 Å². The molecule has 3 heterocycles. The van der Waals surface area contributed by atoms with Crippen molar-refractivity contribution in [3.05, 3.63) is 65.9 Å². The summed E-state index contributed by atoms with van der Waals surface area (Å²) >= 11 is 0. The van der Waals surface area contributed by atoms with Gasteiger partial charge in [0.05, 0.1) is 5.41 Å². The van der Waals surface area contributed by atoms with Gasteiger partial charge in [0.1, 0.15) is 0 Å². The number of aromatic amines is 1. The van der Waals surface area contributed by atoms with Crippen LogP contribution < -0.4 is 5.32 Å². The minimum Gasteiger partial charge on any atom is -0.361 e. The van der Waals surface area contributed by atoms with E-state index in [0.717, 1.165) is 31.7 Å². The van der Waals surface area contributed by atoms with Gasteiger partial charge in [-0.2, -0.15) is 0 Å². The van der Waals surface area contributed by atoms with Gasteiger partial charge in [0.2, 0.25) is 5.91 Å². The quantitative estimate of drug-likeness (QED) is 0.763. The van der Waals surface area contributed by atoms with E-state index in [9.17, 15) is 4.79 Å². The lowest BCUT2D eigenvalue weighted by Crippen LogP contribution is -2.63. The van der Waals surface area contributed by atoms with Crippen molar-refractivity contribution in [1.29, 1.82) is 0 Å². The predicted molar refractivity (Wildman–Crippen MR) is 94.8 cm³/mol. The lowest BCUT2D eigenvalue weighted by atomic mass is 9.71. The molecule has 0 aliphatic carbocycles. The molecule has 0 radical (unpaired) electrons. The maximum atomic E-state index is 12.6. The number of likely N-dealkylation sites (tertiary alicyclic amines) is 1. The second-order valence-corrected chi connectivity index (χ2v) is 7.07. The number of carbonyl (C=O) groups excluding carboxylic acids is 1. The number of rotatable bonds is 2. The van der Waals surface area contributed by atoms with Crippen molar-refractivity contribution in [2.45, 2.75) is 13.0 Å². The van der Waals surface area contributed by atoms with Crippen LogP contribution in [0, 0.1) is 5.41 Å². The van der Waals surface area contributed by atoms with E-state index >= 15 is 0 Å². The average molecular weight is 317 g/mol. The largest absolute Gasteiger partial charge is 0.361 e. The minimum atomic E-state index is -0.250. The smallest absolute Gasteiger partial charge is 0.233 e. The van der Waals surface area contributed by atoms with Gasteiger partial charge in [-0.1, -0.05) is 36.4 Å². The van der Waals surface area contributed by atoms with Crippen molar-refractivity contribution >= 4 is 22.5 Å². The zero-order valence-electron chi connectivity index (χ0n) is 13.4. The molecule has 1 fully saturated rings. The molecule has 4 nitrogen and oxygen atoms in total. The number of fused-ring (bicyclic) bond motifs is 2. The molecule has 1 saturated heterocycles. The molecule has 2 N–H and O–H groups in total. The van der Waals surface area contributed by atoms with Crippen LogP contribution in [0.4, 0.5) is 5.69 Å². The molecule has 0 bridgehead atoms. The molecule has 1 aromatic heterocycles. The first-order chi connectivity index (χ1) is 11.7. The number of para-hydroxylation sites is 2. The van der Waals surface area contributed by atoms with E-state index < -0.39 is 0 Å². The Balaban J connectivity index is 1.34. The summed E-state index contributed by atoms with van der Waals surface area (Å²) in [5, 5.41) is 4.36. The lowest BCUT2D eigenvalue weighted by molar-refractivity contribution is -0.137. The van der Waals surface area contributed by atoms with Crippen LogP contribution in [0.25, 0.3) is 10.9 Å². The molecule has 0 atom stereocenters. The van der Waals surface area contributed by atoms with Crippen molar-refractivity contribution < 1.29 is 4.79 Å². The van der Waals surface area contributed by atoms with Gasteiger partial charge in [0.15, 0.2) is 0 Å². The molecule has 2 aromatic carbocycles. The summed E-state index contributed by atoms with van der Waals surface area (Å²) in [6.45, 7) is 2.54. The van der Waals surface area contributed by atoms with E-state index in [2.05, 4.69) is 45.7 Å². The van der Waals surface area contributed by atoms with Gasteiger partial charge >= 0.3 is 0 Å². The Morgan fingerprint density at radius 3 is 2.75 bits per heavy atom. The molecular weight excluding hydrogens is 298 g/mol. The van der Waals surface area contributed by atoms with Gasteiger partial charge in [-0.15, -0.1) is 0 Å². The maximum absolute atomic E-state index is 12.6. The Labute approximate surface area is 140 Å². The van der Waals surface area contributed by atoms with Crippen LogP contribution in [0.5, 0.6) is 0 Å². The number of benzene rings is 2. The van der Waals surface area contributed by atoms with Crippen molar-refractivity contribution in [3.8, 4) is 0 Å². The fourth-order valence-electron chi connectivity index (χ4n) is 4.18. The number of carbonyl (C=O) groups is 1. The zero-order chi connectivity index (χ0) is 16.1. The minimum absolute atomic E-state index is 0.177. The molecule has 3 aromatic rings. The summed E-state index contributed by atoms with van der Waals surface area (Å²) in [5.41, 5.74) is 4.46. The summed E-state index contributed by atoms with van der Waals surface area (Å²) in [6, 6.07) is 16.5. The van der Waals surface area contributed by atoms with Crippen molar-refractivity contribution in [2.24, 2.45) is 5.41 Å². The van der Waals surface area contributed by atoms with Crippen LogP contribution in [-0.2, 0) is 17.8 Å². The van der Waals surface area contributed by atoms with Crippen LogP contribution in [0.15, 0.2) is 54.7 Å². The average Bonchev–Trinajstić information content (AvgIpc) is 2.97.